The molecule has 1 aliphatic carbocycles. The van der Waals surface area contributed by atoms with Crippen LogP contribution in [-0.4, -0.2) is 6.54 Å². The Morgan fingerprint density at radius 1 is 0.909 bits per heavy atom. The van der Waals surface area contributed by atoms with Crippen LogP contribution in [0, 0.1) is 5.92 Å². The van der Waals surface area contributed by atoms with Gasteiger partial charge in [-0.2, -0.15) is 0 Å². The van der Waals surface area contributed by atoms with Crippen LogP contribution in [0.3, 0.4) is 0 Å². The first-order valence-corrected chi connectivity index (χ1v) is 4.63. The Hall–Kier alpha value is 0.250. The third-order valence-corrected chi connectivity index (χ3v) is 2.56. The fourth-order valence-electron chi connectivity index (χ4n) is 1.78. The molecule has 0 atom stereocenters. The summed E-state index contributed by atoms with van der Waals surface area (Å²) in [5, 5.41) is 0. The molecule has 0 radical (unpaired) electrons. The van der Waals surface area contributed by atoms with Crippen LogP contribution in [0.5, 0.6) is 0 Å². The third-order valence-electron chi connectivity index (χ3n) is 2.56. The molecule has 0 spiro atoms. The molecule has 0 aromatic heterocycles. The Morgan fingerprint density at radius 3 is 1.82 bits per heavy atom. The van der Waals surface area contributed by atoms with E-state index in [9.17, 15) is 0 Å². The second kappa shape index (κ2) is 6.93. The molecule has 1 aliphatic rings. The van der Waals surface area contributed by atoms with Crippen LogP contribution in [0.4, 0.5) is 0 Å². The maximum atomic E-state index is 5.62. The van der Waals surface area contributed by atoms with E-state index in [-0.39, 0.29) is 12.4 Å². The third kappa shape index (κ3) is 4.65. The minimum atomic E-state index is 0. The highest BCUT2D eigenvalue weighted by Gasteiger charge is 2.08. The van der Waals surface area contributed by atoms with Crippen molar-refractivity contribution in [2.24, 2.45) is 11.7 Å². The van der Waals surface area contributed by atoms with Crippen LogP contribution in [0.15, 0.2) is 0 Å². The van der Waals surface area contributed by atoms with Gasteiger partial charge in [-0.05, 0) is 25.3 Å². The van der Waals surface area contributed by atoms with Crippen LogP contribution in [0.2, 0.25) is 0 Å². The van der Waals surface area contributed by atoms with E-state index >= 15 is 0 Å². The molecule has 68 valence electrons. The summed E-state index contributed by atoms with van der Waals surface area (Å²) >= 11 is 0. The number of halogens is 1. The standard InChI is InChI=1S/C9H19N.ClH/c10-8-9-6-4-2-1-3-5-7-9;/h9H,1-8,10H2;1H. The summed E-state index contributed by atoms with van der Waals surface area (Å²) in [5.41, 5.74) is 5.62. The van der Waals surface area contributed by atoms with Crippen molar-refractivity contribution in [2.45, 2.75) is 44.9 Å². The van der Waals surface area contributed by atoms with Gasteiger partial charge < -0.3 is 5.73 Å². The highest BCUT2D eigenvalue weighted by Crippen LogP contribution is 2.20. The molecule has 0 bridgehead atoms. The van der Waals surface area contributed by atoms with Crippen LogP contribution >= 0.6 is 12.4 Å². The molecule has 2 N–H and O–H groups in total. The quantitative estimate of drug-likeness (QED) is 0.655. The van der Waals surface area contributed by atoms with Crippen LogP contribution in [0.1, 0.15) is 44.9 Å². The minimum Gasteiger partial charge on any atom is -0.330 e. The molecule has 0 unspecified atom stereocenters. The van der Waals surface area contributed by atoms with Crippen molar-refractivity contribution in [2.75, 3.05) is 6.54 Å². The van der Waals surface area contributed by atoms with Gasteiger partial charge in [0.25, 0.3) is 0 Å². The van der Waals surface area contributed by atoms with Gasteiger partial charge in [-0.1, -0.05) is 32.1 Å². The first-order valence-electron chi connectivity index (χ1n) is 4.63. The molecule has 1 rings (SSSR count). The van der Waals surface area contributed by atoms with Gasteiger partial charge in [-0.3, -0.25) is 0 Å². The summed E-state index contributed by atoms with van der Waals surface area (Å²) in [6, 6.07) is 0. The van der Waals surface area contributed by atoms with E-state index < -0.39 is 0 Å². The van der Waals surface area contributed by atoms with Gasteiger partial charge in [0.05, 0.1) is 0 Å². The molecule has 1 nitrogen and oxygen atoms in total. The maximum Gasteiger partial charge on any atom is -0.00489 e. The Labute approximate surface area is 76.1 Å². The summed E-state index contributed by atoms with van der Waals surface area (Å²) in [5.74, 6) is 0.847. The second-order valence-electron chi connectivity index (χ2n) is 3.45. The largest absolute Gasteiger partial charge is 0.330 e. The molecular formula is C9H20ClN. The van der Waals surface area contributed by atoms with E-state index in [2.05, 4.69) is 0 Å². The van der Waals surface area contributed by atoms with Gasteiger partial charge in [0.2, 0.25) is 0 Å². The van der Waals surface area contributed by atoms with Gasteiger partial charge >= 0.3 is 0 Å². The molecule has 2 heteroatoms. The summed E-state index contributed by atoms with van der Waals surface area (Å²) in [7, 11) is 0. The van der Waals surface area contributed by atoms with E-state index in [4.69, 9.17) is 5.73 Å². The molecule has 0 aromatic carbocycles. The van der Waals surface area contributed by atoms with Gasteiger partial charge in [-0.15, -0.1) is 12.4 Å². The predicted octanol–water partition coefficient (Wildman–Crippen LogP) is 2.73. The lowest BCUT2D eigenvalue weighted by Crippen LogP contribution is -2.15. The molecule has 1 saturated carbocycles. The number of hydrogen-bond acceptors (Lipinski definition) is 1. The van der Waals surface area contributed by atoms with Gasteiger partial charge in [-0.25, -0.2) is 0 Å². The van der Waals surface area contributed by atoms with Crippen molar-refractivity contribution >= 4 is 12.4 Å². The first-order chi connectivity index (χ1) is 4.93. The van der Waals surface area contributed by atoms with Gasteiger partial charge in [0, 0.05) is 0 Å². The van der Waals surface area contributed by atoms with Crippen molar-refractivity contribution in [1.29, 1.82) is 0 Å². The fraction of sp³-hybridized carbons (Fsp3) is 1.00. The van der Waals surface area contributed by atoms with Crippen LogP contribution in [-0.2, 0) is 0 Å². The summed E-state index contributed by atoms with van der Waals surface area (Å²) < 4.78 is 0. The maximum absolute atomic E-state index is 5.62. The second-order valence-corrected chi connectivity index (χ2v) is 3.45. The molecule has 11 heavy (non-hydrogen) atoms. The monoisotopic (exact) mass is 177 g/mol. The summed E-state index contributed by atoms with van der Waals surface area (Å²) in [6.07, 6.45) is 9.95. The molecule has 0 aromatic rings. The number of hydrogen-bond donors (Lipinski definition) is 1. The topological polar surface area (TPSA) is 26.0 Å². The van der Waals surface area contributed by atoms with Crippen LogP contribution in [0.25, 0.3) is 0 Å². The van der Waals surface area contributed by atoms with Crippen molar-refractivity contribution in [3.63, 3.8) is 0 Å². The lowest BCUT2D eigenvalue weighted by molar-refractivity contribution is 0.385. The molecule has 0 amide bonds. The smallest absolute Gasteiger partial charge is 0.00489 e. The van der Waals surface area contributed by atoms with Crippen LogP contribution < -0.4 is 5.73 Å². The zero-order chi connectivity index (χ0) is 7.23. The van der Waals surface area contributed by atoms with Gasteiger partial charge in [0.15, 0.2) is 0 Å². The van der Waals surface area contributed by atoms with E-state index in [1.807, 2.05) is 0 Å². The number of rotatable bonds is 1. The molecular weight excluding hydrogens is 158 g/mol. The summed E-state index contributed by atoms with van der Waals surface area (Å²) in [4.78, 5) is 0. The van der Waals surface area contributed by atoms with E-state index in [1.54, 1.807) is 0 Å². The zero-order valence-electron chi connectivity index (χ0n) is 7.22. The van der Waals surface area contributed by atoms with Crippen molar-refractivity contribution in [1.82, 2.24) is 0 Å². The van der Waals surface area contributed by atoms with E-state index in [0.29, 0.717) is 0 Å². The van der Waals surface area contributed by atoms with E-state index in [0.717, 1.165) is 12.5 Å². The Kier molecular flexibility index (Phi) is 7.09. The normalized spacial score (nSPS) is 21.5. The molecule has 0 aliphatic heterocycles. The number of nitrogens with two attached hydrogens (primary N) is 1. The highest BCUT2D eigenvalue weighted by molar-refractivity contribution is 5.85. The average Bonchev–Trinajstić information content (AvgIpc) is 1.87. The van der Waals surface area contributed by atoms with E-state index in [1.165, 1.54) is 44.9 Å². The Bertz CT molecular complexity index is 77.6. The lowest BCUT2D eigenvalue weighted by Gasteiger charge is -2.16. The average molecular weight is 178 g/mol. The predicted molar refractivity (Wildman–Crippen MR) is 52.1 cm³/mol. The summed E-state index contributed by atoms with van der Waals surface area (Å²) in [6.45, 7) is 0.917. The Morgan fingerprint density at radius 2 is 1.36 bits per heavy atom. The van der Waals surface area contributed by atoms with Crippen molar-refractivity contribution in [3.8, 4) is 0 Å². The van der Waals surface area contributed by atoms with Crippen molar-refractivity contribution < 1.29 is 0 Å². The van der Waals surface area contributed by atoms with Crippen molar-refractivity contribution in [3.05, 3.63) is 0 Å². The fourth-order valence-corrected chi connectivity index (χ4v) is 1.78. The first kappa shape index (κ1) is 11.2. The minimum absolute atomic E-state index is 0. The zero-order valence-corrected chi connectivity index (χ0v) is 8.04. The lowest BCUT2D eigenvalue weighted by atomic mass is 9.91. The highest BCUT2D eigenvalue weighted by atomic mass is 35.5. The Balaban J connectivity index is 0.000001000. The molecule has 0 heterocycles. The van der Waals surface area contributed by atoms with Gasteiger partial charge in [0.1, 0.15) is 0 Å². The SMILES string of the molecule is Cl.NCC1CCCCCCC1. The molecule has 1 fully saturated rings. The molecule has 0 saturated heterocycles.